The number of likely N-dealkylation sites (N-methyl/N-ethyl adjacent to an activating group) is 1. The minimum Gasteiger partial charge on any atom is -0.507 e. The van der Waals surface area contributed by atoms with Gasteiger partial charge in [0, 0.05) is 37.2 Å². The molecule has 1 saturated heterocycles. The van der Waals surface area contributed by atoms with Crippen LogP contribution in [-0.4, -0.2) is 65.7 Å². The van der Waals surface area contributed by atoms with Crippen molar-refractivity contribution in [3.8, 4) is 11.5 Å². The predicted octanol–water partition coefficient (Wildman–Crippen LogP) is 2.94. The number of benzene rings is 2. The first-order valence-corrected chi connectivity index (χ1v) is 10.0. The van der Waals surface area contributed by atoms with Crippen molar-refractivity contribution < 1.29 is 24.5 Å². The number of ether oxygens (including phenoxy) is 1. The van der Waals surface area contributed by atoms with Crippen LogP contribution >= 0.6 is 0 Å². The molecule has 30 heavy (non-hydrogen) atoms. The van der Waals surface area contributed by atoms with E-state index < -0.39 is 5.97 Å². The number of phenols is 1. The Morgan fingerprint density at radius 1 is 1.23 bits per heavy atom. The van der Waals surface area contributed by atoms with Gasteiger partial charge in [0.15, 0.2) is 0 Å². The van der Waals surface area contributed by atoms with E-state index >= 15 is 0 Å². The molecule has 1 heterocycles. The van der Waals surface area contributed by atoms with Crippen LogP contribution < -0.4 is 4.74 Å². The third-order valence-corrected chi connectivity index (χ3v) is 5.52. The van der Waals surface area contributed by atoms with Crippen LogP contribution in [0, 0.1) is 0 Å². The molecule has 160 valence electrons. The number of methoxy groups -OCH3 is 1. The summed E-state index contributed by atoms with van der Waals surface area (Å²) in [5, 5.41) is 19.4. The number of nitrogens with zero attached hydrogens (tertiary/aromatic N) is 2. The molecule has 1 amide bonds. The maximum Gasteiger partial charge on any atom is 0.335 e. The van der Waals surface area contributed by atoms with Crippen LogP contribution in [0.2, 0.25) is 0 Å². The van der Waals surface area contributed by atoms with E-state index in [2.05, 4.69) is 0 Å². The number of rotatable bonds is 7. The van der Waals surface area contributed by atoms with Crippen molar-refractivity contribution in [3.05, 3.63) is 59.2 Å². The largest absolute Gasteiger partial charge is 0.507 e. The lowest BCUT2D eigenvalue weighted by molar-refractivity contribution is -0.133. The average Bonchev–Trinajstić information content (AvgIpc) is 2.75. The third kappa shape index (κ3) is 5.30. The van der Waals surface area contributed by atoms with E-state index in [1.54, 1.807) is 43.5 Å². The first-order valence-electron chi connectivity index (χ1n) is 10.0. The van der Waals surface area contributed by atoms with E-state index in [9.17, 15) is 19.8 Å². The van der Waals surface area contributed by atoms with Gasteiger partial charge in [-0.3, -0.25) is 9.69 Å². The Labute approximate surface area is 176 Å². The number of hydrogen-bond donors (Lipinski definition) is 2. The number of phenolic OH excluding ortho intramolecular Hbond substituents is 1. The van der Waals surface area contributed by atoms with Gasteiger partial charge >= 0.3 is 5.97 Å². The van der Waals surface area contributed by atoms with E-state index in [-0.39, 0.29) is 29.7 Å². The summed E-state index contributed by atoms with van der Waals surface area (Å²) in [7, 11) is 3.39. The molecule has 1 unspecified atom stereocenters. The van der Waals surface area contributed by atoms with Crippen molar-refractivity contribution >= 4 is 11.9 Å². The Morgan fingerprint density at radius 3 is 2.73 bits per heavy atom. The Bertz CT molecular complexity index is 914. The number of aromatic hydroxyl groups is 1. The quantitative estimate of drug-likeness (QED) is 0.727. The first-order chi connectivity index (χ1) is 14.4. The van der Waals surface area contributed by atoms with Crippen LogP contribution in [0.4, 0.5) is 0 Å². The first kappa shape index (κ1) is 21.6. The highest BCUT2D eigenvalue weighted by Crippen LogP contribution is 2.28. The van der Waals surface area contributed by atoms with E-state index in [0.717, 1.165) is 24.0 Å². The Balaban J connectivity index is 1.60. The second-order valence-electron chi connectivity index (χ2n) is 7.78. The van der Waals surface area contributed by atoms with Crippen molar-refractivity contribution in [2.75, 3.05) is 33.8 Å². The number of carboxylic acids is 1. The van der Waals surface area contributed by atoms with Crippen LogP contribution in [0.25, 0.3) is 0 Å². The number of hydrogen-bond acceptors (Lipinski definition) is 5. The zero-order valence-electron chi connectivity index (χ0n) is 17.4. The molecule has 0 aromatic heterocycles. The van der Waals surface area contributed by atoms with Gasteiger partial charge in [-0.15, -0.1) is 0 Å². The summed E-state index contributed by atoms with van der Waals surface area (Å²) >= 11 is 0. The van der Waals surface area contributed by atoms with Crippen LogP contribution in [0.15, 0.2) is 42.5 Å². The minimum absolute atomic E-state index is 0.0320. The van der Waals surface area contributed by atoms with Crippen LogP contribution in [0.3, 0.4) is 0 Å². The lowest BCUT2D eigenvalue weighted by atomic mass is 9.89. The molecule has 2 aromatic rings. The highest BCUT2D eigenvalue weighted by molar-refractivity contribution is 5.87. The summed E-state index contributed by atoms with van der Waals surface area (Å²) in [4.78, 5) is 27.8. The average molecular weight is 412 g/mol. The fraction of sp³-hybridized carbons (Fsp3) is 0.391. The maximum atomic E-state index is 12.8. The summed E-state index contributed by atoms with van der Waals surface area (Å²) in [6, 6.07) is 12.1. The van der Waals surface area contributed by atoms with Gasteiger partial charge in [0.05, 0.1) is 19.2 Å². The summed E-state index contributed by atoms with van der Waals surface area (Å²) < 4.78 is 5.10. The van der Waals surface area contributed by atoms with Crippen LogP contribution in [0.1, 0.15) is 40.2 Å². The second-order valence-corrected chi connectivity index (χ2v) is 7.78. The van der Waals surface area contributed by atoms with Crippen LogP contribution in [-0.2, 0) is 11.3 Å². The molecule has 1 atom stereocenters. The molecule has 7 nitrogen and oxygen atoms in total. The summed E-state index contributed by atoms with van der Waals surface area (Å²) in [5.41, 5.74) is 1.96. The lowest BCUT2D eigenvalue weighted by Crippen LogP contribution is -2.43. The van der Waals surface area contributed by atoms with Gasteiger partial charge in [-0.05, 0) is 43.7 Å². The number of carboxylic acid groups (broad SMARTS) is 1. The van der Waals surface area contributed by atoms with Gasteiger partial charge < -0.3 is 19.8 Å². The molecular formula is C23H28N2O5. The molecular weight excluding hydrogens is 384 g/mol. The predicted molar refractivity (Wildman–Crippen MR) is 113 cm³/mol. The minimum atomic E-state index is -0.941. The van der Waals surface area contributed by atoms with E-state index in [1.165, 1.54) is 0 Å². The van der Waals surface area contributed by atoms with Crippen molar-refractivity contribution in [3.63, 3.8) is 0 Å². The molecule has 0 bridgehead atoms. The highest BCUT2D eigenvalue weighted by atomic mass is 16.5. The Morgan fingerprint density at radius 2 is 2.03 bits per heavy atom. The van der Waals surface area contributed by atoms with Crippen molar-refractivity contribution in [1.29, 1.82) is 0 Å². The van der Waals surface area contributed by atoms with Crippen molar-refractivity contribution in [2.24, 2.45) is 0 Å². The maximum absolute atomic E-state index is 12.8. The number of aromatic carboxylic acids is 1. The van der Waals surface area contributed by atoms with E-state index in [1.807, 2.05) is 22.9 Å². The zero-order valence-corrected chi connectivity index (χ0v) is 17.4. The standard InChI is InChI=1S/C23H28N2O5/c1-24(13-19-8-9-20(30-2)12-21(19)26)15-22(27)25-10-4-7-18(14-25)16-5-3-6-17(11-16)23(28)29/h3,5-6,8-9,11-12,18,26H,4,7,10,13-15H2,1-2H3,(H,28,29). The number of carbonyl (C=O) groups is 2. The second kappa shape index (κ2) is 9.63. The molecule has 2 N–H and O–H groups in total. The van der Waals surface area contributed by atoms with Crippen molar-refractivity contribution in [1.82, 2.24) is 9.80 Å². The van der Waals surface area contributed by atoms with Gasteiger partial charge in [-0.25, -0.2) is 4.79 Å². The molecule has 0 aliphatic carbocycles. The molecule has 1 fully saturated rings. The number of likely N-dealkylation sites (tertiary alicyclic amines) is 1. The van der Waals surface area contributed by atoms with E-state index in [4.69, 9.17) is 4.74 Å². The number of amides is 1. The smallest absolute Gasteiger partial charge is 0.335 e. The fourth-order valence-electron chi connectivity index (χ4n) is 3.88. The highest BCUT2D eigenvalue weighted by Gasteiger charge is 2.26. The third-order valence-electron chi connectivity index (χ3n) is 5.52. The molecule has 0 saturated carbocycles. The molecule has 3 rings (SSSR count). The Hall–Kier alpha value is -3.06. The molecule has 7 heteroatoms. The van der Waals surface area contributed by atoms with Gasteiger partial charge in [0.2, 0.25) is 5.91 Å². The summed E-state index contributed by atoms with van der Waals surface area (Å²) in [6.45, 7) is 1.98. The van der Waals surface area contributed by atoms with Crippen LogP contribution in [0.5, 0.6) is 11.5 Å². The summed E-state index contributed by atoms with van der Waals surface area (Å²) in [6.07, 6.45) is 1.82. The van der Waals surface area contributed by atoms with Gasteiger partial charge in [-0.2, -0.15) is 0 Å². The summed E-state index contributed by atoms with van der Waals surface area (Å²) in [5.74, 6) is -0.0437. The monoisotopic (exact) mass is 412 g/mol. The molecule has 2 aromatic carbocycles. The molecule has 0 spiro atoms. The van der Waals surface area contributed by atoms with Gasteiger partial charge in [0.1, 0.15) is 11.5 Å². The number of carbonyl (C=O) groups excluding carboxylic acids is 1. The van der Waals surface area contributed by atoms with Gasteiger partial charge in [-0.1, -0.05) is 18.2 Å². The zero-order chi connectivity index (χ0) is 21.7. The number of piperidine rings is 1. The fourth-order valence-corrected chi connectivity index (χ4v) is 3.88. The SMILES string of the molecule is COc1ccc(CN(C)CC(=O)N2CCCC(c3cccc(C(=O)O)c3)C2)c(O)c1. The van der Waals surface area contributed by atoms with Gasteiger partial charge in [0.25, 0.3) is 0 Å². The normalized spacial score (nSPS) is 16.5. The molecule has 0 radical (unpaired) electrons. The van der Waals surface area contributed by atoms with E-state index in [0.29, 0.717) is 25.4 Å². The molecule has 1 aliphatic heterocycles. The molecule has 1 aliphatic rings. The Kier molecular flexibility index (Phi) is 6.95. The lowest BCUT2D eigenvalue weighted by Gasteiger charge is -2.34. The van der Waals surface area contributed by atoms with Crippen molar-refractivity contribution in [2.45, 2.75) is 25.3 Å². The topological polar surface area (TPSA) is 90.3 Å².